The number of para-hydroxylation sites is 1. The number of ketones is 1. The van der Waals surface area contributed by atoms with Crippen molar-refractivity contribution in [2.24, 2.45) is 4.99 Å². The van der Waals surface area contributed by atoms with Crippen molar-refractivity contribution in [2.45, 2.75) is 6.18 Å². The maximum atomic E-state index is 12.9. The molecule has 0 amide bonds. The first-order valence-electron chi connectivity index (χ1n) is 7.57. The van der Waals surface area contributed by atoms with Crippen molar-refractivity contribution in [1.82, 2.24) is 0 Å². The van der Waals surface area contributed by atoms with Gasteiger partial charge in [0, 0.05) is 11.8 Å². The number of methoxy groups -OCH3 is 1. The van der Waals surface area contributed by atoms with Crippen molar-refractivity contribution < 1.29 is 32.6 Å². The number of aliphatic imine (C=N–C) groups is 1. The molecular weight excluding hydrogens is 363 g/mol. The highest BCUT2D eigenvalue weighted by atomic mass is 19.4. The lowest BCUT2D eigenvalue weighted by molar-refractivity contribution is -0.165. The number of alkyl halides is 3. The zero-order chi connectivity index (χ0) is 20.0. The van der Waals surface area contributed by atoms with Crippen molar-refractivity contribution in [3.63, 3.8) is 0 Å². The van der Waals surface area contributed by atoms with Gasteiger partial charge in [0.15, 0.2) is 0 Å². The van der Waals surface area contributed by atoms with Gasteiger partial charge >= 0.3 is 12.1 Å². The molecule has 0 bridgehead atoms. The number of aliphatic hydroxyl groups excluding tert-OH is 1. The molecule has 140 valence electrons. The second-order valence-corrected chi connectivity index (χ2v) is 5.22. The highest BCUT2D eigenvalue weighted by Gasteiger charge is 2.41. The first kappa shape index (κ1) is 19.9. The smallest absolute Gasteiger partial charge is 0.455 e. The van der Waals surface area contributed by atoms with E-state index in [4.69, 9.17) is 0 Å². The molecule has 5 nitrogen and oxygen atoms in total. The van der Waals surface area contributed by atoms with E-state index >= 15 is 0 Å². The first-order valence-corrected chi connectivity index (χ1v) is 7.57. The van der Waals surface area contributed by atoms with E-state index < -0.39 is 29.3 Å². The predicted octanol–water partition coefficient (Wildman–Crippen LogP) is 4.28. The molecular formula is C19H14F3NO4. The Morgan fingerprint density at radius 2 is 1.63 bits per heavy atom. The van der Waals surface area contributed by atoms with Crippen LogP contribution in [0.15, 0.2) is 65.2 Å². The van der Waals surface area contributed by atoms with Crippen LogP contribution in [0.1, 0.15) is 15.9 Å². The summed E-state index contributed by atoms with van der Waals surface area (Å²) in [6, 6.07) is 13.0. The minimum Gasteiger partial charge on any atom is -0.506 e. The minimum atomic E-state index is -5.22. The molecule has 0 fully saturated rings. The Morgan fingerprint density at radius 3 is 2.22 bits per heavy atom. The van der Waals surface area contributed by atoms with Gasteiger partial charge in [0.25, 0.3) is 5.78 Å². The number of esters is 1. The van der Waals surface area contributed by atoms with Crippen LogP contribution in [-0.2, 0) is 9.53 Å². The molecule has 0 saturated heterocycles. The molecule has 2 aromatic rings. The van der Waals surface area contributed by atoms with Crippen molar-refractivity contribution in [3.05, 3.63) is 71.3 Å². The van der Waals surface area contributed by atoms with Crippen LogP contribution in [0.4, 0.5) is 18.9 Å². The van der Waals surface area contributed by atoms with Crippen LogP contribution in [0.2, 0.25) is 0 Å². The lowest BCUT2D eigenvalue weighted by Gasteiger charge is -2.09. The summed E-state index contributed by atoms with van der Waals surface area (Å²) in [5.74, 6) is -3.89. The Balaban J connectivity index is 2.56. The minimum absolute atomic E-state index is 0.00532. The Hall–Kier alpha value is -3.42. The Labute approximate surface area is 152 Å². The van der Waals surface area contributed by atoms with Gasteiger partial charge in [-0.1, -0.05) is 42.5 Å². The van der Waals surface area contributed by atoms with E-state index in [1.165, 1.54) is 48.5 Å². The number of rotatable bonds is 5. The van der Waals surface area contributed by atoms with E-state index in [2.05, 4.69) is 9.73 Å². The number of benzene rings is 2. The van der Waals surface area contributed by atoms with Crippen LogP contribution in [0.25, 0.3) is 5.76 Å². The molecule has 0 heterocycles. The van der Waals surface area contributed by atoms with E-state index in [1.54, 1.807) is 6.07 Å². The van der Waals surface area contributed by atoms with Gasteiger partial charge in [0.2, 0.25) is 0 Å². The molecule has 0 atom stereocenters. The molecule has 0 aliphatic carbocycles. The fraction of sp³-hybridized carbons (Fsp3) is 0.105. The zero-order valence-corrected chi connectivity index (χ0v) is 14.0. The first-order chi connectivity index (χ1) is 12.8. The molecule has 0 saturated carbocycles. The third-order valence-electron chi connectivity index (χ3n) is 3.45. The fourth-order valence-electron chi connectivity index (χ4n) is 2.13. The molecule has 0 aliphatic heterocycles. The van der Waals surface area contributed by atoms with E-state index in [1.807, 2.05) is 0 Å². The van der Waals surface area contributed by atoms with E-state index in [0.717, 1.165) is 7.11 Å². The normalized spacial score (nSPS) is 12.6. The van der Waals surface area contributed by atoms with E-state index in [0.29, 0.717) is 6.21 Å². The summed E-state index contributed by atoms with van der Waals surface area (Å²) in [5, 5.41) is 10.2. The molecule has 0 aliphatic rings. The number of Topliss-reactive ketones (excluding diaryl/α,β-unsaturated/α-hetero) is 1. The molecule has 0 aromatic heterocycles. The summed E-state index contributed by atoms with van der Waals surface area (Å²) >= 11 is 0. The molecule has 2 aromatic carbocycles. The summed E-state index contributed by atoms with van der Waals surface area (Å²) < 4.78 is 43.4. The van der Waals surface area contributed by atoms with Crippen molar-refractivity contribution in [2.75, 3.05) is 7.11 Å². The van der Waals surface area contributed by atoms with Gasteiger partial charge in [0.05, 0.1) is 23.9 Å². The summed E-state index contributed by atoms with van der Waals surface area (Å²) in [6.45, 7) is 0. The average molecular weight is 377 g/mol. The zero-order valence-electron chi connectivity index (χ0n) is 14.0. The average Bonchev–Trinajstić information content (AvgIpc) is 2.67. The molecule has 0 unspecified atom stereocenters. The van der Waals surface area contributed by atoms with Gasteiger partial charge in [-0.05, 0) is 12.1 Å². The third kappa shape index (κ3) is 4.81. The number of allylic oxidation sites excluding steroid dienone is 1. The van der Waals surface area contributed by atoms with E-state index in [9.17, 15) is 27.9 Å². The van der Waals surface area contributed by atoms with Gasteiger partial charge in [-0.25, -0.2) is 4.79 Å². The molecule has 8 heteroatoms. The van der Waals surface area contributed by atoms with Crippen molar-refractivity contribution in [3.8, 4) is 0 Å². The summed E-state index contributed by atoms with van der Waals surface area (Å²) in [7, 11) is 1.14. The lowest BCUT2D eigenvalue weighted by Crippen LogP contribution is -2.26. The quantitative estimate of drug-likeness (QED) is 0.365. The standard InChI is InChI=1S/C19H14F3NO4/c1-27-18(26)13-9-5-6-10-15(13)23-11-14(17(25)19(20,21)22)16(24)12-7-3-2-4-8-12/h2-11,24H,1H3/b16-14-,23-11?. The summed E-state index contributed by atoms with van der Waals surface area (Å²) in [4.78, 5) is 27.3. The fourth-order valence-corrected chi connectivity index (χ4v) is 2.13. The number of hydrogen-bond donors (Lipinski definition) is 1. The van der Waals surface area contributed by atoms with Crippen LogP contribution in [0.5, 0.6) is 0 Å². The maximum absolute atomic E-state index is 12.9. The van der Waals surface area contributed by atoms with Gasteiger partial charge in [-0.3, -0.25) is 9.79 Å². The van der Waals surface area contributed by atoms with Crippen LogP contribution < -0.4 is 0 Å². The number of hydrogen-bond acceptors (Lipinski definition) is 5. The monoisotopic (exact) mass is 377 g/mol. The number of nitrogens with zero attached hydrogens (tertiary/aromatic N) is 1. The summed E-state index contributed by atoms with van der Waals surface area (Å²) in [5.41, 5.74) is -1.06. The van der Waals surface area contributed by atoms with Crippen LogP contribution in [0, 0.1) is 0 Å². The molecule has 0 radical (unpaired) electrons. The highest BCUT2D eigenvalue weighted by Crippen LogP contribution is 2.26. The Kier molecular flexibility index (Phi) is 6.12. The highest BCUT2D eigenvalue weighted by molar-refractivity contribution is 6.20. The van der Waals surface area contributed by atoms with Crippen LogP contribution in [-0.4, -0.2) is 36.4 Å². The second-order valence-electron chi connectivity index (χ2n) is 5.22. The molecule has 1 N–H and O–H groups in total. The van der Waals surface area contributed by atoms with Crippen LogP contribution >= 0.6 is 0 Å². The molecule has 27 heavy (non-hydrogen) atoms. The van der Waals surface area contributed by atoms with Crippen LogP contribution in [0.3, 0.4) is 0 Å². The summed E-state index contributed by atoms with van der Waals surface area (Å²) in [6.07, 6.45) is -4.63. The topological polar surface area (TPSA) is 76.0 Å². The van der Waals surface area contributed by atoms with Gasteiger partial charge in [-0.15, -0.1) is 0 Å². The van der Waals surface area contributed by atoms with Crippen molar-refractivity contribution >= 4 is 29.4 Å². The molecule has 2 rings (SSSR count). The maximum Gasteiger partial charge on any atom is 0.455 e. The molecule has 0 spiro atoms. The second kappa shape index (κ2) is 8.31. The number of halogens is 3. The largest absolute Gasteiger partial charge is 0.506 e. The van der Waals surface area contributed by atoms with E-state index in [-0.39, 0.29) is 16.8 Å². The predicted molar refractivity (Wildman–Crippen MR) is 93.0 cm³/mol. The van der Waals surface area contributed by atoms with Crippen molar-refractivity contribution in [1.29, 1.82) is 0 Å². The van der Waals surface area contributed by atoms with Gasteiger partial charge in [-0.2, -0.15) is 13.2 Å². The van der Waals surface area contributed by atoms with Gasteiger partial charge in [0.1, 0.15) is 5.76 Å². The third-order valence-corrected chi connectivity index (χ3v) is 3.45. The number of carbonyl (C=O) groups excluding carboxylic acids is 2. The van der Waals surface area contributed by atoms with Gasteiger partial charge < -0.3 is 9.84 Å². The number of aliphatic hydroxyl groups is 1. The lowest BCUT2D eigenvalue weighted by atomic mass is 10.1. The Bertz CT molecular complexity index is 903. The Morgan fingerprint density at radius 1 is 1.04 bits per heavy atom. The SMILES string of the molecule is COC(=O)c1ccccc1N=C/C(C(=O)C(F)(F)F)=C(/O)c1ccccc1. The number of ether oxygens (including phenoxy) is 1. The number of carbonyl (C=O) groups is 2.